The van der Waals surface area contributed by atoms with Gasteiger partial charge in [-0.05, 0) is 17.7 Å². The van der Waals surface area contributed by atoms with E-state index in [-0.39, 0.29) is 6.73 Å². The topological polar surface area (TPSA) is 106 Å². The summed E-state index contributed by atoms with van der Waals surface area (Å²) in [5, 5.41) is 27.6. The molecule has 0 fully saturated rings. The van der Waals surface area contributed by atoms with Gasteiger partial charge in [0.05, 0.1) is 6.73 Å². The molecule has 0 radical (unpaired) electrons. The molecular weight excluding hydrogens is 294 g/mol. The van der Waals surface area contributed by atoms with Crippen molar-refractivity contribution >= 4 is 0 Å². The molecule has 7 N–H and O–H groups in total. The summed E-state index contributed by atoms with van der Waals surface area (Å²) in [6.45, 7) is 7.61. The quantitative estimate of drug-likeness (QED) is 0.190. The monoisotopic (exact) mass is 325 g/mol. The number of phenolic OH excluding ortho intramolecular Hbond substituents is 1. The smallest absolute Gasteiger partial charge is 0.115 e. The second kappa shape index (κ2) is 13.2. The van der Waals surface area contributed by atoms with Gasteiger partial charge in [0.2, 0.25) is 0 Å². The summed E-state index contributed by atoms with van der Waals surface area (Å²) in [7, 11) is 0. The van der Waals surface area contributed by atoms with Crippen molar-refractivity contribution < 1.29 is 10.2 Å². The van der Waals surface area contributed by atoms with Crippen LogP contribution in [0.2, 0.25) is 0 Å². The summed E-state index contributed by atoms with van der Waals surface area (Å²) < 4.78 is 0. The van der Waals surface area contributed by atoms with Gasteiger partial charge >= 0.3 is 0 Å². The van der Waals surface area contributed by atoms with Crippen molar-refractivity contribution in [3.05, 3.63) is 29.8 Å². The van der Waals surface area contributed by atoms with Crippen LogP contribution in [0.1, 0.15) is 5.56 Å². The van der Waals surface area contributed by atoms with Crippen molar-refractivity contribution in [1.82, 2.24) is 20.9 Å². The summed E-state index contributed by atoms with van der Waals surface area (Å²) in [5.74, 6) is 0.294. The molecule has 23 heavy (non-hydrogen) atoms. The molecule has 0 aliphatic heterocycles. The number of hydrogen-bond donors (Lipinski definition) is 6. The highest BCUT2D eigenvalue weighted by Crippen LogP contribution is 2.11. The van der Waals surface area contributed by atoms with Gasteiger partial charge in [0.1, 0.15) is 5.75 Å². The minimum atomic E-state index is 0.0153. The van der Waals surface area contributed by atoms with Crippen molar-refractivity contribution in [2.24, 2.45) is 5.73 Å². The fourth-order valence-corrected chi connectivity index (χ4v) is 2.21. The molecule has 0 aliphatic carbocycles. The second-order valence-corrected chi connectivity index (χ2v) is 5.39. The summed E-state index contributed by atoms with van der Waals surface area (Å²) in [6.07, 6.45) is 0. The van der Waals surface area contributed by atoms with Gasteiger partial charge in [-0.1, -0.05) is 12.1 Å². The van der Waals surface area contributed by atoms with Crippen LogP contribution in [-0.4, -0.2) is 74.2 Å². The van der Waals surface area contributed by atoms with E-state index in [1.165, 1.54) is 5.56 Å². The third-order valence-electron chi connectivity index (χ3n) is 3.46. The number of nitrogens with two attached hydrogens (primary N) is 1. The maximum atomic E-state index is 9.37. The number of aliphatic hydroxyl groups excluding tert-OH is 1. The Balaban J connectivity index is 2.33. The highest BCUT2D eigenvalue weighted by atomic mass is 16.3. The average Bonchev–Trinajstić information content (AvgIpc) is 2.56. The minimum absolute atomic E-state index is 0.0153. The maximum Gasteiger partial charge on any atom is 0.115 e. The first kappa shape index (κ1) is 19.8. The van der Waals surface area contributed by atoms with E-state index in [9.17, 15) is 5.11 Å². The normalized spacial score (nSPS) is 11.3. The van der Waals surface area contributed by atoms with E-state index in [1.807, 2.05) is 12.1 Å². The van der Waals surface area contributed by atoms with Gasteiger partial charge < -0.3 is 26.6 Å². The van der Waals surface area contributed by atoms with E-state index in [2.05, 4.69) is 20.9 Å². The molecule has 0 amide bonds. The van der Waals surface area contributed by atoms with Crippen LogP contribution >= 0.6 is 0 Å². The van der Waals surface area contributed by atoms with Gasteiger partial charge in [0.15, 0.2) is 0 Å². The number of nitrogens with one attached hydrogen (secondary N) is 3. The molecule has 0 heterocycles. The Kier molecular flexibility index (Phi) is 11.4. The molecule has 7 nitrogen and oxygen atoms in total. The molecule has 1 aromatic carbocycles. The predicted octanol–water partition coefficient (Wildman–Crippen LogP) is -1.13. The van der Waals surface area contributed by atoms with Gasteiger partial charge in [-0.15, -0.1) is 0 Å². The Morgan fingerprint density at radius 2 is 1.48 bits per heavy atom. The lowest BCUT2D eigenvalue weighted by molar-refractivity contribution is 0.255. The average molecular weight is 325 g/mol. The first-order valence-electron chi connectivity index (χ1n) is 8.19. The van der Waals surface area contributed by atoms with Crippen LogP contribution in [0.15, 0.2) is 24.3 Å². The van der Waals surface area contributed by atoms with Gasteiger partial charge in [-0.2, -0.15) is 0 Å². The van der Waals surface area contributed by atoms with Gasteiger partial charge in [-0.25, -0.2) is 0 Å². The third-order valence-corrected chi connectivity index (χ3v) is 3.46. The van der Waals surface area contributed by atoms with Crippen LogP contribution < -0.4 is 21.7 Å². The third kappa shape index (κ3) is 10.2. The Labute approximate surface area is 138 Å². The van der Waals surface area contributed by atoms with Crippen LogP contribution in [0.3, 0.4) is 0 Å². The van der Waals surface area contributed by atoms with Crippen LogP contribution in [0.25, 0.3) is 0 Å². The van der Waals surface area contributed by atoms with Gasteiger partial charge in [-0.3, -0.25) is 10.2 Å². The molecule has 7 heteroatoms. The molecule has 132 valence electrons. The summed E-state index contributed by atoms with van der Waals surface area (Å²) in [6, 6.07) is 7.35. The number of aliphatic hydroxyl groups is 1. The maximum absolute atomic E-state index is 9.37. The molecule has 0 saturated carbocycles. The Morgan fingerprint density at radius 3 is 2.09 bits per heavy atom. The van der Waals surface area contributed by atoms with Gasteiger partial charge in [0, 0.05) is 58.9 Å². The zero-order valence-electron chi connectivity index (χ0n) is 13.8. The number of aromatic hydroxyl groups is 1. The number of hydrogen-bond acceptors (Lipinski definition) is 7. The van der Waals surface area contributed by atoms with E-state index < -0.39 is 0 Å². The number of phenols is 1. The van der Waals surface area contributed by atoms with Crippen LogP contribution in [0.4, 0.5) is 0 Å². The number of benzene rings is 1. The lowest BCUT2D eigenvalue weighted by Crippen LogP contribution is -2.38. The Hall–Kier alpha value is -1.22. The standard InChI is InChI=1S/C16H31N5O2/c17-5-6-18-9-11-21(12-10-19-7-8-20-14-22)13-15-1-3-16(23)4-2-15/h1-4,18-20,22-23H,5-14,17H2. The van der Waals surface area contributed by atoms with Crippen molar-refractivity contribution in [2.45, 2.75) is 6.54 Å². The molecule has 0 spiro atoms. The van der Waals surface area contributed by atoms with Crippen molar-refractivity contribution in [1.29, 1.82) is 0 Å². The van der Waals surface area contributed by atoms with E-state index >= 15 is 0 Å². The first-order chi connectivity index (χ1) is 11.3. The van der Waals surface area contributed by atoms with Gasteiger partial charge in [0.25, 0.3) is 0 Å². The molecule has 0 unspecified atom stereocenters. The lowest BCUT2D eigenvalue weighted by atomic mass is 10.2. The second-order valence-electron chi connectivity index (χ2n) is 5.39. The molecule has 0 atom stereocenters. The molecule has 0 saturated heterocycles. The summed E-state index contributed by atoms with van der Waals surface area (Å²) >= 11 is 0. The minimum Gasteiger partial charge on any atom is -0.508 e. The van der Waals surface area contributed by atoms with Crippen LogP contribution in [0, 0.1) is 0 Å². The number of nitrogens with zero attached hydrogens (tertiary/aromatic N) is 1. The lowest BCUT2D eigenvalue weighted by Gasteiger charge is -2.23. The molecule has 0 bridgehead atoms. The predicted molar refractivity (Wildman–Crippen MR) is 93.3 cm³/mol. The molecule has 1 aromatic rings. The first-order valence-corrected chi connectivity index (χ1v) is 8.19. The summed E-state index contributed by atoms with van der Waals surface area (Å²) in [5.41, 5.74) is 6.67. The molecular formula is C16H31N5O2. The fraction of sp³-hybridized carbons (Fsp3) is 0.625. The largest absolute Gasteiger partial charge is 0.508 e. The van der Waals surface area contributed by atoms with E-state index in [4.69, 9.17) is 10.8 Å². The van der Waals surface area contributed by atoms with Crippen LogP contribution in [-0.2, 0) is 6.54 Å². The highest BCUT2D eigenvalue weighted by molar-refractivity contribution is 5.25. The van der Waals surface area contributed by atoms with E-state index in [0.717, 1.165) is 52.4 Å². The zero-order valence-corrected chi connectivity index (χ0v) is 13.8. The van der Waals surface area contributed by atoms with Crippen molar-refractivity contribution in [3.63, 3.8) is 0 Å². The molecule has 0 aliphatic rings. The Morgan fingerprint density at radius 1 is 0.870 bits per heavy atom. The number of rotatable bonds is 14. The molecule has 1 rings (SSSR count). The fourth-order valence-electron chi connectivity index (χ4n) is 2.21. The summed E-state index contributed by atoms with van der Waals surface area (Å²) in [4.78, 5) is 2.36. The van der Waals surface area contributed by atoms with Crippen LogP contribution in [0.5, 0.6) is 5.75 Å². The highest BCUT2D eigenvalue weighted by Gasteiger charge is 2.06. The van der Waals surface area contributed by atoms with Crippen molar-refractivity contribution in [3.8, 4) is 5.75 Å². The Bertz CT molecular complexity index is 389. The van der Waals surface area contributed by atoms with E-state index in [0.29, 0.717) is 12.3 Å². The zero-order chi connectivity index (χ0) is 16.8. The molecule has 0 aromatic heterocycles. The van der Waals surface area contributed by atoms with E-state index in [1.54, 1.807) is 12.1 Å². The SMILES string of the molecule is NCCNCCN(CCNCCNCO)Cc1ccc(O)cc1. The van der Waals surface area contributed by atoms with Crippen molar-refractivity contribution in [2.75, 3.05) is 59.1 Å².